The Morgan fingerprint density at radius 3 is 2.47 bits per heavy atom. The van der Waals surface area contributed by atoms with Crippen LogP contribution in [0.15, 0.2) is 70.9 Å². The van der Waals surface area contributed by atoms with Gasteiger partial charge in [0.05, 0.1) is 30.8 Å². The monoisotopic (exact) mass is 466 g/mol. The number of esters is 2. The summed E-state index contributed by atoms with van der Waals surface area (Å²) in [5.74, 6) is -3.03. The zero-order valence-corrected chi connectivity index (χ0v) is 19.2. The second-order valence-electron chi connectivity index (χ2n) is 7.76. The molecule has 0 bridgehead atoms. The molecule has 0 aliphatic carbocycles. The van der Waals surface area contributed by atoms with Gasteiger partial charge in [0.1, 0.15) is 12.5 Å². The van der Waals surface area contributed by atoms with E-state index in [0.29, 0.717) is 23.6 Å². The van der Waals surface area contributed by atoms with Gasteiger partial charge in [0, 0.05) is 29.5 Å². The van der Waals surface area contributed by atoms with Crippen LogP contribution in [0.3, 0.4) is 0 Å². The molecule has 0 saturated carbocycles. The van der Waals surface area contributed by atoms with E-state index >= 15 is 0 Å². The zero-order chi connectivity index (χ0) is 24.7. The van der Waals surface area contributed by atoms with E-state index in [2.05, 4.69) is 4.99 Å². The van der Waals surface area contributed by atoms with Crippen molar-refractivity contribution in [3.8, 4) is 0 Å². The van der Waals surface area contributed by atoms with Crippen molar-refractivity contribution in [2.45, 2.75) is 26.4 Å². The van der Waals surface area contributed by atoms with E-state index in [-0.39, 0.29) is 24.5 Å². The van der Waals surface area contributed by atoms with Crippen molar-refractivity contribution in [3.63, 3.8) is 0 Å². The van der Waals surface area contributed by atoms with Crippen molar-refractivity contribution in [2.75, 3.05) is 20.3 Å². The van der Waals surface area contributed by atoms with Gasteiger partial charge in [-0.3, -0.25) is 19.9 Å². The van der Waals surface area contributed by atoms with E-state index in [1.807, 2.05) is 30.3 Å². The molecule has 178 valence electrons. The highest BCUT2D eigenvalue weighted by molar-refractivity contribution is 6.07. The van der Waals surface area contributed by atoms with Crippen LogP contribution < -0.4 is 0 Å². The minimum absolute atomic E-state index is 0.00427. The molecular formula is C25H26N2O7. The van der Waals surface area contributed by atoms with Crippen LogP contribution in [0.4, 0.5) is 5.69 Å². The Kier molecular flexibility index (Phi) is 8.26. The van der Waals surface area contributed by atoms with Crippen molar-refractivity contribution in [2.24, 2.45) is 10.9 Å². The number of carbonyl (C=O) groups excluding carboxylic acids is 2. The van der Waals surface area contributed by atoms with E-state index in [1.165, 1.54) is 25.3 Å². The fourth-order valence-corrected chi connectivity index (χ4v) is 3.96. The Labute approximate surface area is 197 Å². The molecule has 2 atom stereocenters. The van der Waals surface area contributed by atoms with E-state index in [0.717, 1.165) is 5.56 Å². The fraction of sp³-hybridized carbons (Fsp3) is 0.320. The van der Waals surface area contributed by atoms with Crippen LogP contribution in [0.5, 0.6) is 0 Å². The number of hydrogen-bond acceptors (Lipinski definition) is 8. The lowest BCUT2D eigenvalue weighted by atomic mass is 9.75. The number of hydrogen-bond donors (Lipinski definition) is 0. The highest BCUT2D eigenvalue weighted by Crippen LogP contribution is 2.40. The summed E-state index contributed by atoms with van der Waals surface area (Å²) in [5.41, 5.74) is 2.25. The molecule has 0 aromatic heterocycles. The number of allylic oxidation sites excluding steroid dienone is 1. The quantitative estimate of drug-likeness (QED) is 0.237. The summed E-state index contributed by atoms with van der Waals surface area (Å²) in [4.78, 5) is 41.0. The van der Waals surface area contributed by atoms with Crippen LogP contribution in [0.2, 0.25) is 0 Å². The van der Waals surface area contributed by atoms with Gasteiger partial charge in [0.25, 0.3) is 5.69 Å². The lowest BCUT2D eigenvalue weighted by molar-refractivity contribution is -0.384. The highest BCUT2D eigenvalue weighted by Gasteiger charge is 2.42. The van der Waals surface area contributed by atoms with Crippen LogP contribution >= 0.6 is 0 Å². The van der Waals surface area contributed by atoms with E-state index in [9.17, 15) is 19.7 Å². The number of methoxy groups -OCH3 is 1. The van der Waals surface area contributed by atoms with Crippen LogP contribution in [0.1, 0.15) is 30.9 Å². The molecule has 1 aliphatic rings. The maximum Gasteiger partial charge on any atom is 0.336 e. The van der Waals surface area contributed by atoms with Gasteiger partial charge in [0.2, 0.25) is 0 Å². The van der Waals surface area contributed by atoms with Gasteiger partial charge >= 0.3 is 11.9 Å². The predicted octanol–water partition coefficient (Wildman–Crippen LogP) is 3.98. The lowest BCUT2D eigenvalue weighted by Gasteiger charge is -2.31. The van der Waals surface area contributed by atoms with Gasteiger partial charge in [-0.15, -0.1) is 0 Å². The number of nitro groups is 1. The standard InChI is InChI=1S/C25H26N2O7/c1-16-21(24(28)32-3)23(19-10-7-11-20(14-19)27(30)31)22(17(2)26-16)25(29)34-13-12-33-15-18-8-5-4-6-9-18/h4-11,14,21,23H,12-13,15H2,1-3H3. The Hall–Kier alpha value is -3.85. The Morgan fingerprint density at radius 2 is 1.79 bits per heavy atom. The normalized spacial score (nSPS) is 17.7. The van der Waals surface area contributed by atoms with E-state index in [1.54, 1.807) is 19.9 Å². The molecule has 34 heavy (non-hydrogen) atoms. The molecule has 0 spiro atoms. The molecule has 1 aliphatic heterocycles. The molecule has 2 aromatic carbocycles. The van der Waals surface area contributed by atoms with Gasteiger partial charge in [-0.05, 0) is 25.0 Å². The summed E-state index contributed by atoms with van der Waals surface area (Å²) in [6.07, 6.45) is 0. The summed E-state index contributed by atoms with van der Waals surface area (Å²) >= 11 is 0. The molecule has 2 aromatic rings. The average molecular weight is 466 g/mol. The molecular weight excluding hydrogens is 440 g/mol. The van der Waals surface area contributed by atoms with Gasteiger partial charge in [-0.1, -0.05) is 42.5 Å². The molecule has 9 nitrogen and oxygen atoms in total. The maximum absolute atomic E-state index is 13.1. The molecule has 0 amide bonds. The number of ether oxygens (including phenoxy) is 3. The SMILES string of the molecule is COC(=O)C1C(C)=NC(C)=C(C(=O)OCCOCc2ccccc2)C1c1cccc([N+](=O)[O-])c1. The third-order valence-corrected chi connectivity index (χ3v) is 5.52. The minimum atomic E-state index is -0.924. The number of nitro benzene ring substituents is 1. The number of aliphatic imine (C=N–C) groups is 1. The second-order valence-corrected chi connectivity index (χ2v) is 7.76. The predicted molar refractivity (Wildman–Crippen MR) is 124 cm³/mol. The van der Waals surface area contributed by atoms with E-state index < -0.39 is 28.7 Å². The largest absolute Gasteiger partial charge is 0.468 e. The van der Waals surface area contributed by atoms with Gasteiger partial charge in [0.15, 0.2) is 0 Å². The number of non-ortho nitro benzene ring substituents is 1. The Balaban J connectivity index is 1.82. The first-order chi connectivity index (χ1) is 16.3. The first-order valence-corrected chi connectivity index (χ1v) is 10.7. The van der Waals surface area contributed by atoms with Crippen molar-refractivity contribution >= 4 is 23.3 Å². The Bertz CT molecular complexity index is 1130. The van der Waals surface area contributed by atoms with Crippen LogP contribution in [0.25, 0.3) is 0 Å². The van der Waals surface area contributed by atoms with Gasteiger partial charge in [-0.2, -0.15) is 0 Å². The smallest absolute Gasteiger partial charge is 0.336 e. The second kappa shape index (κ2) is 11.3. The molecule has 0 fully saturated rings. The summed E-state index contributed by atoms with van der Waals surface area (Å²) < 4.78 is 16.0. The molecule has 0 N–H and O–H groups in total. The average Bonchev–Trinajstić information content (AvgIpc) is 2.83. The van der Waals surface area contributed by atoms with Crippen molar-refractivity contribution in [1.29, 1.82) is 0 Å². The fourth-order valence-electron chi connectivity index (χ4n) is 3.96. The van der Waals surface area contributed by atoms with Crippen LogP contribution in [0, 0.1) is 16.0 Å². The van der Waals surface area contributed by atoms with Gasteiger partial charge in [-0.25, -0.2) is 4.79 Å². The van der Waals surface area contributed by atoms with Crippen LogP contribution in [-0.4, -0.2) is 42.9 Å². The molecule has 2 unspecified atom stereocenters. The lowest BCUT2D eigenvalue weighted by Crippen LogP contribution is -2.36. The number of nitrogens with zero attached hydrogens (tertiary/aromatic N) is 2. The zero-order valence-electron chi connectivity index (χ0n) is 19.2. The topological polar surface area (TPSA) is 117 Å². The minimum Gasteiger partial charge on any atom is -0.468 e. The van der Waals surface area contributed by atoms with Crippen molar-refractivity contribution < 1.29 is 28.7 Å². The van der Waals surface area contributed by atoms with Crippen LogP contribution in [-0.2, 0) is 30.4 Å². The molecule has 0 saturated heterocycles. The number of benzene rings is 2. The number of carbonyl (C=O) groups is 2. The van der Waals surface area contributed by atoms with Crippen molar-refractivity contribution in [3.05, 3.63) is 87.1 Å². The van der Waals surface area contributed by atoms with Crippen molar-refractivity contribution in [1.82, 2.24) is 0 Å². The van der Waals surface area contributed by atoms with Gasteiger partial charge < -0.3 is 14.2 Å². The number of rotatable bonds is 9. The molecule has 3 rings (SSSR count). The highest BCUT2D eigenvalue weighted by atomic mass is 16.6. The molecule has 1 heterocycles. The van der Waals surface area contributed by atoms with E-state index in [4.69, 9.17) is 14.2 Å². The first-order valence-electron chi connectivity index (χ1n) is 10.7. The summed E-state index contributed by atoms with van der Waals surface area (Å²) in [6.45, 7) is 3.86. The maximum atomic E-state index is 13.1. The third kappa shape index (κ3) is 5.74. The molecule has 9 heteroatoms. The summed E-state index contributed by atoms with van der Waals surface area (Å²) in [5, 5.41) is 11.3. The Morgan fingerprint density at radius 1 is 1.06 bits per heavy atom. The first kappa shape index (κ1) is 24.8. The molecule has 0 radical (unpaired) electrons. The third-order valence-electron chi connectivity index (χ3n) is 5.52. The summed E-state index contributed by atoms with van der Waals surface area (Å²) in [7, 11) is 1.24. The summed E-state index contributed by atoms with van der Waals surface area (Å²) in [6, 6.07) is 15.4.